The number of aryl methyl sites for hydroxylation is 2. The predicted molar refractivity (Wildman–Crippen MR) is 77.6 cm³/mol. The first-order valence-corrected chi connectivity index (χ1v) is 6.96. The van der Waals surface area contributed by atoms with Gasteiger partial charge in [-0.3, -0.25) is 0 Å². The molecule has 1 heterocycles. The van der Waals surface area contributed by atoms with Crippen LogP contribution in [0.25, 0.3) is 0 Å². The highest BCUT2D eigenvalue weighted by molar-refractivity contribution is 5.57. The molecule has 0 radical (unpaired) electrons. The van der Waals surface area contributed by atoms with Crippen molar-refractivity contribution >= 4 is 5.69 Å². The van der Waals surface area contributed by atoms with E-state index in [2.05, 4.69) is 51.7 Å². The second-order valence-electron chi connectivity index (χ2n) is 5.78. The predicted octanol–water partition coefficient (Wildman–Crippen LogP) is 3.65. The maximum atomic E-state index is 5.62. The van der Waals surface area contributed by atoms with Crippen LogP contribution >= 0.6 is 0 Å². The van der Waals surface area contributed by atoms with Crippen LogP contribution in [0.3, 0.4) is 0 Å². The van der Waals surface area contributed by atoms with Gasteiger partial charge < -0.3 is 9.64 Å². The molecule has 0 N–H and O–H groups in total. The highest BCUT2D eigenvalue weighted by atomic mass is 16.5. The van der Waals surface area contributed by atoms with E-state index in [9.17, 15) is 0 Å². The number of anilines is 1. The SMILES string of the molecule is Cc1cc(N2CCOC(C)C2)c(C)cc1C(C)C. The van der Waals surface area contributed by atoms with Gasteiger partial charge in [-0.1, -0.05) is 19.9 Å². The summed E-state index contributed by atoms with van der Waals surface area (Å²) in [7, 11) is 0. The van der Waals surface area contributed by atoms with Crippen molar-refractivity contribution in [2.75, 3.05) is 24.6 Å². The number of morpholine rings is 1. The van der Waals surface area contributed by atoms with E-state index in [1.807, 2.05) is 0 Å². The molecule has 1 unspecified atom stereocenters. The topological polar surface area (TPSA) is 12.5 Å². The fraction of sp³-hybridized carbons (Fsp3) is 0.625. The van der Waals surface area contributed by atoms with Gasteiger partial charge in [0.2, 0.25) is 0 Å². The molecule has 1 saturated heterocycles. The maximum absolute atomic E-state index is 5.62. The number of ether oxygens (including phenoxy) is 1. The lowest BCUT2D eigenvalue weighted by molar-refractivity contribution is 0.0532. The molecule has 0 bridgehead atoms. The first-order valence-electron chi connectivity index (χ1n) is 6.96. The summed E-state index contributed by atoms with van der Waals surface area (Å²) < 4.78 is 5.62. The Hall–Kier alpha value is -1.02. The molecule has 0 amide bonds. The Labute approximate surface area is 111 Å². The van der Waals surface area contributed by atoms with Crippen LogP contribution in [0.5, 0.6) is 0 Å². The van der Waals surface area contributed by atoms with Crippen LogP contribution in [0.1, 0.15) is 43.4 Å². The van der Waals surface area contributed by atoms with E-state index in [0.717, 1.165) is 19.7 Å². The monoisotopic (exact) mass is 247 g/mol. The van der Waals surface area contributed by atoms with Gasteiger partial charge in [-0.15, -0.1) is 0 Å². The minimum absolute atomic E-state index is 0.336. The Morgan fingerprint density at radius 2 is 1.94 bits per heavy atom. The molecule has 0 aliphatic carbocycles. The third kappa shape index (κ3) is 2.69. The third-order valence-corrected chi connectivity index (χ3v) is 3.79. The van der Waals surface area contributed by atoms with Gasteiger partial charge in [0.1, 0.15) is 0 Å². The first-order chi connectivity index (χ1) is 8.49. The van der Waals surface area contributed by atoms with Gasteiger partial charge in [0, 0.05) is 18.8 Å². The number of hydrogen-bond donors (Lipinski definition) is 0. The fourth-order valence-electron chi connectivity index (χ4n) is 2.82. The molecule has 0 saturated carbocycles. The van der Waals surface area contributed by atoms with E-state index in [0.29, 0.717) is 12.0 Å². The zero-order valence-corrected chi connectivity index (χ0v) is 12.3. The van der Waals surface area contributed by atoms with E-state index in [1.54, 1.807) is 0 Å². The highest BCUT2D eigenvalue weighted by Gasteiger charge is 2.19. The molecule has 2 rings (SSSR count). The highest BCUT2D eigenvalue weighted by Crippen LogP contribution is 2.29. The maximum Gasteiger partial charge on any atom is 0.0722 e. The van der Waals surface area contributed by atoms with Crippen molar-refractivity contribution in [3.63, 3.8) is 0 Å². The Kier molecular flexibility index (Phi) is 3.96. The molecule has 0 spiro atoms. The summed E-state index contributed by atoms with van der Waals surface area (Å²) in [6.45, 7) is 14.0. The Morgan fingerprint density at radius 3 is 2.56 bits per heavy atom. The summed E-state index contributed by atoms with van der Waals surface area (Å²) >= 11 is 0. The van der Waals surface area contributed by atoms with Crippen molar-refractivity contribution in [2.24, 2.45) is 0 Å². The van der Waals surface area contributed by atoms with Gasteiger partial charge in [0.15, 0.2) is 0 Å². The minimum atomic E-state index is 0.336. The third-order valence-electron chi connectivity index (χ3n) is 3.79. The van der Waals surface area contributed by atoms with E-state index in [-0.39, 0.29) is 0 Å². The zero-order valence-electron chi connectivity index (χ0n) is 12.3. The van der Waals surface area contributed by atoms with E-state index >= 15 is 0 Å². The van der Waals surface area contributed by atoms with Gasteiger partial charge in [-0.05, 0) is 49.4 Å². The summed E-state index contributed by atoms with van der Waals surface area (Å²) in [5, 5.41) is 0. The van der Waals surface area contributed by atoms with Crippen molar-refractivity contribution < 1.29 is 4.74 Å². The molecule has 1 aliphatic heterocycles. The lowest BCUT2D eigenvalue weighted by Crippen LogP contribution is -2.41. The Bertz CT molecular complexity index is 425. The first kappa shape index (κ1) is 13.4. The van der Waals surface area contributed by atoms with E-state index in [4.69, 9.17) is 4.74 Å². The molecule has 1 aromatic carbocycles. The van der Waals surface area contributed by atoms with Gasteiger partial charge in [-0.2, -0.15) is 0 Å². The minimum Gasteiger partial charge on any atom is -0.375 e. The van der Waals surface area contributed by atoms with Crippen molar-refractivity contribution in [3.05, 3.63) is 28.8 Å². The van der Waals surface area contributed by atoms with Crippen molar-refractivity contribution in [2.45, 2.75) is 46.6 Å². The van der Waals surface area contributed by atoms with Gasteiger partial charge >= 0.3 is 0 Å². The second-order valence-corrected chi connectivity index (χ2v) is 5.78. The Balaban J connectivity index is 2.31. The number of rotatable bonds is 2. The molecule has 1 atom stereocenters. The largest absolute Gasteiger partial charge is 0.375 e. The quantitative estimate of drug-likeness (QED) is 0.791. The van der Waals surface area contributed by atoms with Crippen LogP contribution in [-0.4, -0.2) is 25.8 Å². The molecule has 100 valence electrons. The van der Waals surface area contributed by atoms with Crippen LogP contribution in [0, 0.1) is 13.8 Å². The molecule has 1 aromatic rings. The van der Waals surface area contributed by atoms with Crippen LogP contribution in [0.15, 0.2) is 12.1 Å². The molecule has 18 heavy (non-hydrogen) atoms. The lowest BCUT2D eigenvalue weighted by atomic mass is 9.94. The smallest absolute Gasteiger partial charge is 0.0722 e. The standard InChI is InChI=1S/C16H25NO/c1-11(2)15-8-13(4)16(9-12(15)3)17-6-7-18-14(5)10-17/h8-9,11,14H,6-7,10H2,1-5H3. The molecule has 2 heteroatoms. The molecule has 1 aliphatic rings. The van der Waals surface area contributed by atoms with E-state index < -0.39 is 0 Å². The van der Waals surface area contributed by atoms with Gasteiger partial charge in [-0.25, -0.2) is 0 Å². The van der Waals surface area contributed by atoms with Crippen molar-refractivity contribution in [3.8, 4) is 0 Å². The van der Waals surface area contributed by atoms with Crippen LogP contribution in [-0.2, 0) is 4.74 Å². The summed E-state index contributed by atoms with van der Waals surface area (Å²) in [4.78, 5) is 2.46. The van der Waals surface area contributed by atoms with Crippen molar-refractivity contribution in [1.29, 1.82) is 0 Å². The van der Waals surface area contributed by atoms with Crippen LogP contribution < -0.4 is 4.90 Å². The molecular formula is C16H25NO. The van der Waals surface area contributed by atoms with Crippen molar-refractivity contribution in [1.82, 2.24) is 0 Å². The molecule has 1 fully saturated rings. The summed E-state index contributed by atoms with van der Waals surface area (Å²) in [6.07, 6.45) is 0.336. The average Bonchev–Trinajstić information content (AvgIpc) is 2.31. The zero-order chi connectivity index (χ0) is 13.3. The number of hydrogen-bond acceptors (Lipinski definition) is 2. The van der Waals surface area contributed by atoms with Gasteiger partial charge in [0.25, 0.3) is 0 Å². The molecular weight excluding hydrogens is 222 g/mol. The molecule has 2 nitrogen and oxygen atoms in total. The number of nitrogens with zero attached hydrogens (tertiary/aromatic N) is 1. The lowest BCUT2D eigenvalue weighted by Gasteiger charge is -2.34. The molecule has 0 aromatic heterocycles. The van der Waals surface area contributed by atoms with E-state index in [1.165, 1.54) is 22.4 Å². The van der Waals surface area contributed by atoms with Crippen LogP contribution in [0.4, 0.5) is 5.69 Å². The van der Waals surface area contributed by atoms with Gasteiger partial charge in [0.05, 0.1) is 12.7 Å². The summed E-state index contributed by atoms with van der Waals surface area (Å²) in [6, 6.07) is 4.71. The van der Waals surface area contributed by atoms with Crippen LogP contribution in [0.2, 0.25) is 0 Å². The normalized spacial score (nSPS) is 20.6. The second kappa shape index (κ2) is 5.31. The summed E-state index contributed by atoms with van der Waals surface area (Å²) in [5.74, 6) is 0.598. The fourth-order valence-corrected chi connectivity index (χ4v) is 2.82. The number of benzene rings is 1. The average molecular weight is 247 g/mol. The summed E-state index contributed by atoms with van der Waals surface area (Å²) in [5.41, 5.74) is 5.65. The Morgan fingerprint density at radius 1 is 1.22 bits per heavy atom.